The van der Waals surface area contributed by atoms with Gasteiger partial charge in [-0.1, -0.05) is 79.1 Å². The van der Waals surface area contributed by atoms with Gasteiger partial charge in [-0.15, -0.1) is 0 Å². The monoisotopic (exact) mass is 671 g/mol. The molecule has 0 bridgehead atoms. The van der Waals surface area contributed by atoms with Gasteiger partial charge >= 0.3 is 0 Å². The number of anilines is 1. The lowest BCUT2D eigenvalue weighted by Crippen LogP contribution is -2.54. The van der Waals surface area contributed by atoms with Crippen LogP contribution in [0.25, 0.3) is 0 Å². The molecule has 1 aliphatic carbocycles. The first-order valence-electron chi connectivity index (χ1n) is 16.3. The molecule has 4 aromatic carbocycles. The van der Waals surface area contributed by atoms with Crippen molar-refractivity contribution >= 4 is 27.5 Å². The van der Waals surface area contributed by atoms with Crippen LogP contribution in [0.5, 0.6) is 5.75 Å². The SMILES string of the molecule is CCOc1ccc(S(=O)(=O)N(CC(=O)N(Cc2ccccc2F)[C@@H](Cc2ccccc2)C(=O)NC2CCCC2)c2ccc(C)cc2)cc1. The Balaban J connectivity index is 1.56. The first-order chi connectivity index (χ1) is 23.2. The summed E-state index contributed by atoms with van der Waals surface area (Å²) in [7, 11) is -4.28. The molecule has 1 fully saturated rings. The predicted molar refractivity (Wildman–Crippen MR) is 185 cm³/mol. The van der Waals surface area contributed by atoms with Crippen LogP contribution < -0.4 is 14.4 Å². The van der Waals surface area contributed by atoms with Crippen molar-refractivity contribution in [3.05, 3.63) is 126 Å². The van der Waals surface area contributed by atoms with E-state index in [1.807, 2.05) is 44.2 Å². The van der Waals surface area contributed by atoms with Crippen molar-refractivity contribution in [2.75, 3.05) is 17.5 Å². The third-order valence-electron chi connectivity index (χ3n) is 8.59. The number of ether oxygens (including phenoxy) is 1. The topological polar surface area (TPSA) is 96.0 Å². The summed E-state index contributed by atoms with van der Waals surface area (Å²) in [6, 6.07) is 27.2. The van der Waals surface area contributed by atoms with Crippen molar-refractivity contribution in [2.45, 2.75) is 69.5 Å². The fourth-order valence-corrected chi connectivity index (χ4v) is 7.39. The molecule has 0 aliphatic heterocycles. The van der Waals surface area contributed by atoms with Gasteiger partial charge in [0, 0.05) is 24.6 Å². The number of halogens is 1. The molecular formula is C38H42FN3O5S. The lowest BCUT2D eigenvalue weighted by atomic mass is 10.0. The van der Waals surface area contributed by atoms with Gasteiger partial charge in [0.2, 0.25) is 11.8 Å². The predicted octanol–water partition coefficient (Wildman–Crippen LogP) is 6.43. The van der Waals surface area contributed by atoms with Crippen molar-refractivity contribution in [1.82, 2.24) is 10.2 Å². The van der Waals surface area contributed by atoms with Crippen LogP contribution in [0, 0.1) is 12.7 Å². The number of rotatable bonds is 14. The fraction of sp³-hybridized carbons (Fsp3) is 0.316. The molecule has 0 heterocycles. The Kier molecular flexibility index (Phi) is 11.5. The minimum atomic E-state index is -4.28. The van der Waals surface area contributed by atoms with Crippen molar-refractivity contribution < 1.29 is 27.1 Å². The molecule has 4 aromatic rings. The van der Waals surface area contributed by atoms with E-state index < -0.39 is 34.3 Å². The highest BCUT2D eigenvalue weighted by Gasteiger charge is 2.36. The van der Waals surface area contributed by atoms with E-state index in [-0.39, 0.29) is 41.1 Å². The van der Waals surface area contributed by atoms with Gasteiger partial charge in [0.05, 0.1) is 17.2 Å². The maximum atomic E-state index is 15.1. The van der Waals surface area contributed by atoms with E-state index in [0.717, 1.165) is 41.1 Å². The number of aryl methyl sites for hydroxylation is 1. The summed E-state index contributed by atoms with van der Waals surface area (Å²) in [6.07, 6.45) is 3.84. The molecule has 5 rings (SSSR count). The molecule has 2 amide bonds. The number of sulfonamides is 1. The van der Waals surface area contributed by atoms with Crippen LogP contribution in [-0.2, 0) is 32.6 Å². The summed E-state index contributed by atoms with van der Waals surface area (Å²) in [5.41, 5.74) is 2.22. The highest BCUT2D eigenvalue weighted by Crippen LogP contribution is 2.27. The lowest BCUT2D eigenvalue weighted by Gasteiger charge is -2.34. The molecule has 252 valence electrons. The summed E-state index contributed by atoms with van der Waals surface area (Å²) >= 11 is 0. The van der Waals surface area contributed by atoms with Crippen LogP contribution in [0.4, 0.5) is 10.1 Å². The summed E-state index contributed by atoms with van der Waals surface area (Å²) in [6.45, 7) is 3.29. The molecule has 8 nitrogen and oxygen atoms in total. The van der Waals surface area contributed by atoms with Gasteiger partial charge in [0.1, 0.15) is 24.2 Å². The molecular weight excluding hydrogens is 629 g/mol. The number of carbonyl (C=O) groups excluding carboxylic acids is 2. The molecule has 1 saturated carbocycles. The van der Waals surface area contributed by atoms with E-state index in [1.54, 1.807) is 54.6 Å². The van der Waals surface area contributed by atoms with Gasteiger partial charge in [-0.3, -0.25) is 13.9 Å². The Morgan fingerprint density at radius 3 is 2.19 bits per heavy atom. The Morgan fingerprint density at radius 1 is 0.896 bits per heavy atom. The minimum absolute atomic E-state index is 0.0229. The Bertz CT molecular complexity index is 1780. The summed E-state index contributed by atoms with van der Waals surface area (Å²) < 4.78 is 50.2. The second-order valence-electron chi connectivity index (χ2n) is 12.1. The van der Waals surface area contributed by atoms with Crippen molar-refractivity contribution in [3.8, 4) is 5.75 Å². The maximum absolute atomic E-state index is 15.1. The molecule has 0 aromatic heterocycles. The van der Waals surface area contributed by atoms with Gasteiger partial charge in [-0.2, -0.15) is 0 Å². The van der Waals surface area contributed by atoms with E-state index in [4.69, 9.17) is 4.74 Å². The Morgan fingerprint density at radius 2 is 1.54 bits per heavy atom. The summed E-state index contributed by atoms with van der Waals surface area (Å²) in [5.74, 6) is -1.01. The minimum Gasteiger partial charge on any atom is -0.494 e. The summed E-state index contributed by atoms with van der Waals surface area (Å²) in [5, 5.41) is 3.13. The number of benzene rings is 4. The second-order valence-corrected chi connectivity index (χ2v) is 13.9. The Labute approximate surface area is 282 Å². The van der Waals surface area contributed by atoms with Gasteiger partial charge in [-0.05, 0) is 74.7 Å². The summed E-state index contributed by atoms with van der Waals surface area (Å²) in [4.78, 5) is 30.0. The lowest BCUT2D eigenvalue weighted by molar-refractivity contribution is -0.140. The Hall–Kier alpha value is -4.70. The fourth-order valence-electron chi connectivity index (χ4n) is 5.97. The molecule has 1 atom stereocenters. The van der Waals surface area contributed by atoms with Gasteiger partial charge in [-0.25, -0.2) is 12.8 Å². The van der Waals surface area contributed by atoms with Crippen molar-refractivity contribution in [1.29, 1.82) is 0 Å². The standard InChI is InChI=1S/C38H42FN3O5S/c1-3-47-33-21-23-34(24-22-33)48(45,46)42(32-19-17-28(2)18-20-32)27-37(43)41(26-30-13-7-10-16-35(30)39)36(25-29-11-5-4-6-12-29)38(44)40-31-14-8-9-15-31/h4-7,10-13,16-24,31,36H,3,8-9,14-15,25-27H2,1-2H3,(H,40,44)/t36-/m0/s1. The van der Waals surface area contributed by atoms with Crippen LogP contribution in [-0.4, -0.2) is 50.4 Å². The number of hydrogen-bond acceptors (Lipinski definition) is 5. The van der Waals surface area contributed by atoms with E-state index >= 15 is 4.39 Å². The van der Waals surface area contributed by atoms with Crippen molar-refractivity contribution in [3.63, 3.8) is 0 Å². The normalized spacial score (nSPS) is 13.9. The zero-order valence-corrected chi connectivity index (χ0v) is 28.2. The second kappa shape index (κ2) is 15.9. The van der Waals surface area contributed by atoms with Crippen LogP contribution in [0.2, 0.25) is 0 Å². The van der Waals surface area contributed by atoms with Gasteiger partial charge in [0.25, 0.3) is 10.0 Å². The molecule has 0 saturated heterocycles. The molecule has 0 radical (unpaired) electrons. The van der Waals surface area contributed by atoms with Crippen LogP contribution in [0.3, 0.4) is 0 Å². The number of nitrogens with one attached hydrogen (secondary N) is 1. The molecule has 1 N–H and O–H groups in total. The quantitative estimate of drug-likeness (QED) is 0.167. The third-order valence-corrected chi connectivity index (χ3v) is 10.4. The first-order valence-corrected chi connectivity index (χ1v) is 17.8. The highest BCUT2D eigenvalue weighted by molar-refractivity contribution is 7.92. The highest BCUT2D eigenvalue weighted by atomic mass is 32.2. The maximum Gasteiger partial charge on any atom is 0.264 e. The molecule has 1 aliphatic rings. The first kappa shape index (κ1) is 34.6. The zero-order chi connectivity index (χ0) is 34.1. The number of carbonyl (C=O) groups is 2. The number of hydrogen-bond donors (Lipinski definition) is 1. The molecule has 0 spiro atoms. The van der Waals surface area contributed by atoms with E-state index in [9.17, 15) is 18.0 Å². The number of amides is 2. The molecule has 0 unspecified atom stereocenters. The van der Waals surface area contributed by atoms with Crippen LogP contribution in [0.1, 0.15) is 49.3 Å². The van der Waals surface area contributed by atoms with E-state index in [2.05, 4.69) is 5.32 Å². The number of nitrogens with zero attached hydrogens (tertiary/aromatic N) is 2. The van der Waals surface area contributed by atoms with E-state index in [0.29, 0.717) is 12.4 Å². The van der Waals surface area contributed by atoms with Gasteiger partial charge < -0.3 is 15.0 Å². The van der Waals surface area contributed by atoms with E-state index in [1.165, 1.54) is 23.1 Å². The average Bonchev–Trinajstić information content (AvgIpc) is 3.60. The van der Waals surface area contributed by atoms with Gasteiger partial charge in [0.15, 0.2) is 0 Å². The molecule has 48 heavy (non-hydrogen) atoms. The van der Waals surface area contributed by atoms with Crippen LogP contribution in [0.15, 0.2) is 108 Å². The third kappa shape index (κ3) is 8.60. The largest absolute Gasteiger partial charge is 0.494 e. The molecule has 10 heteroatoms. The average molecular weight is 672 g/mol. The van der Waals surface area contributed by atoms with Crippen LogP contribution >= 0.6 is 0 Å². The smallest absolute Gasteiger partial charge is 0.264 e. The van der Waals surface area contributed by atoms with Crippen molar-refractivity contribution in [2.24, 2.45) is 0 Å². The zero-order valence-electron chi connectivity index (χ0n) is 27.3.